The fourth-order valence-corrected chi connectivity index (χ4v) is 22.0. The molecule has 0 bridgehead atoms. The molecule has 0 aliphatic heterocycles. The number of ketones is 2. The first kappa shape index (κ1) is 69.6. The molecule has 508 valence electrons. The zero-order chi connectivity index (χ0) is 70.8. The second-order valence-corrected chi connectivity index (χ2v) is 31.9. The lowest BCUT2D eigenvalue weighted by atomic mass is 9.67. The van der Waals surface area contributed by atoms with Crippen LogP contribution in [-0.2, 0) is 36.5 Å². The van der Waals surface area contributed by atoms with Gasteiger partial charge in [-0.25, -0.2) is 8.78 Å². The summed E-state index contributed by atoms with van der Waals surface area (Å²) >= 11 is 6.82. The van der Waals surface area contributed by atoms with Crippen LogP contribution < -0.4 is 0 Å². The molecule has 102 heavy (non-hydrogen) atoms. The van der Waals surface area contributed by atoms with Crippen molar-refractivity contribution in [2.75, 3.05) is 0 Å². The Balaban J connectivity index is 1.06. The molecule has 10 aromatic rings. The molecule has 0 atom stereocenters. The Kier molecular flexibility index (Phi) is 20.3. The van der Waals surface area contributed by atoms with Crippen LogP contribution in [0.5, 0.6) is 0 Å². The molecule has 6 nitrogen and oxygen atoms in total. The van der Waals surface area contributed by atoms with Crippen molar-refractivity contribution in [3.8, 4) is 43.8 Å². The molecule has 12 heteroatoms. The number of allylic oxidation sites excluding steroid dienone is 6. The smallest absolute Gasteiger partial charge is 0.194 e. The lowest BCUT2D eigenvalue weighted by molar-refractivity contribution is 0.103. The van der Waals surface area contributed by atoms with Gasteiger partial charge >= 0.3 is 0 Å². The number of carbonyl (C=O) groups is 2. The fourth-order valence-electron chi connectivity index (χ4n) is 16.3. The Morgan fingerprint density at radius 3 is 1.04 bits per heavy atom. The summed E-state index contributed by atoms with van der Waals surface area (Å²) in [4.78, 5) is 35.4. The van der Waals surface area contributed by atoms with E-state index in [9.17, 15) is 30.6 Å². The molecular weight excluding hydrogens is 1340 g/mol. The van der Waals surface area contributed by atoms with Crippen LogP contribution in [0, 0.1) is 57.0 Å². The van der Waals surface area contributed by atoms with Crippen LogP contribution in [0.1, 0.15) is 239 Å². The van der Waals surface area contributed by atoms with Crippen LogP contribution in [0.2, 0.25) is 0 Å². The summed E-state index contributed by atoms with van der Waals surface area (Å²) in [7, 11) is 0. The van der Waals surface area contributed by atoms with Crippen molar-refractivity contribution in [1.82, 2.24) is 0 Å². The van der Waals surface area contributed by atoms with Gasteiger partial charge in [-0.05, 0) is 173 Å². The van der Waals surface area contributed by atoms with Gasteiger partial charge in [0.05, 0.1) is 39.7 Å². The monoisotopic (exact) mass is 1410 g/mol. The molecule has 0 spiro atoms. The highest BCUT2D eigenvalue weighted by atomic mass is 32.1. The lowest BCUT2D eigenvalue weighted by Crippen LogP contribution is -2.29. The Morgan fingerprint density at radius 2 is 0.696 bits per heavy atom. The number of unbranched alkanes of at least 4 members (excludes halogenated alkanes) is 12. The van der Waals surface area contributed by atoms with Gasteiger partial charge in [-0.1, -0.05) is 208 Å². The first-order valence-electron chi connectivity index (χ1n) is 36.4. The van der Waals surface area contributed by atoms with Crippen LogP contribution >= 0.6 is 45.3 Å². The number of nitrogens with zero attached hydrogens (tertiary/aromatic N) is 4. The lowest BCUT2D eigenvalue weighted by Gasteiger charge is -2.34. The first-order valence-corrected chi connectivity index (χ1v) is 39.6. The third-order valence-corrected chi connectivity index (χ3v) is 26.4. The highest BCUT2D eigenvalue weighted by Crippen LogP contribution is 2.70. The van der Waals surface area contributed by atoms with Crippen molar-refractivity contribution in [3.63, 3.8) is 0 Å². The number of thiophene rings is 4. The highest BCUT2D eigenvalue weighted by molar-refractivity contribution is 7.34. The van der Waals surface area contributed by atoms with Crippen LogP contribution in [0.3, 0.4) is 0 Å². The Hall–Kier alpha value is -9.50. The van der Waals surface area contributed by atoms with E-state index in [1.54, 1.807) is 22.7 Å². The van der Waals surface area contributed by atoms with Crippen LogP contribution in [0.25, 0.3) is 52.2 Å². The average molecular weight is 1410 g/mol. The Morgan fingerprint density at radius 1 is 0.373 bits per heavy atom. The van der Waals surface area contributed by atoms with Gasteiger partial charge in [0.15, 0.2) is 11.6 Å². The second kappa shape index (κ2) is 29.8. The number of benzene rings is 6. The summed E-state index contributed by atoms with van der Waals surface area (Å²) in [6.07, 6.45) is 25.7. The number of hydrogen-bond donors (Lipinski definition) is 0. The quantitative estimate of drug-likeness (QED) is 0.0302. The van der Waals surface area contributed by atoms with Gasteiger partial charge in [0.2, 0.25) is 0 Å². The Labute approximate surface area is 613 Å². The number of rotatable bonds is 26. The van der Waals surface area contributed by atoms with E-state index in [1.807, 2.05) is 47.0 Å². The maximum absolute atomic E-state index is 15.2. The number of Topliss-reactive ketones (excluding diaryl/α,β-unsaturated/α-hetero) is 2. The van der Waals surface area contributed by atoms with Crippen molar-refractivity contribution in [1.29, 1.82) is 21.0 Å². The van der Waals surface area contributed by atoms with Gasteiger partial charge in [0, 0.05) is 54.3 Å². The van der Waals surface area contributed by atoms with E-state index in [2.05, 4.69) is 149 Å². The van der Waals surface area contributed by atoms with Crippen molar-refractivity contribution in [2.24, 2.45) is 0 Å². The molecule has 0 unspecified atom stereocenters. The molecule has 4 heterocycles. The number of fused-ring (bicyclic) bond motifs is 11. The molecule has 6 aromatic carbocycles. The topological polar surface area (TPSA) is 129 Å². The standard InChI is InChI=1S/C90H78F2N4O2S4/c1-5-9-13-17-21-55-25-33-61(34-26-55)89(62-35-27-56(28-36-62)22-18-14-10-6-2)75-49-67(47-73-77(59(51-93)52-94)69-43-41-66(92)46-72(69)82(73)98)99-83(75)85-79(89)87-88(101-85)80-86(102-87)84-76(50-68(100-84)48-74-78(60(53-95)54-96)71-45-65(91)42-44-70(71)81(74)97)90(80,63-37-29-57(30-38-63)23-19-15-11-7-3)64-39-31-58(32-40-64)24-20-16-12-8-4/h25-50H,5-24H2,1-4H3. The minimum atomic E-state index is -0.931. The van der Waals surface area contributed by atoms with E-state index >= 15 is 8.78 Å². The maximum atomic E-state index is 15.2. The largest absolute Gasteiger partial charge is 0.289 e. The predicted octanol–water partition coefficient (Wildman–Crippen LogP) is 24.7. The predicted molar refractivity (Wildman–Crippen MR) is 415 cm³/mol. The summed E-state index contributed by atoms with van der Waals surface area (Å²) in [5, 5.41) is 41.9. The van der Waals surface area contributed by atoms with Gasteiger partial charge in [-0.15, -0.1) is 45.3 Å². The van der Waals surface area contributed by atoms with Crippen molar-refractivity contribution < 1.29 is 18.4 Å². The molecule has 0 amide bonds. The van der Waals surface area contributed by atoms with Crippen molar-refractivity contribution in [2.45, 2.75) is 167 Å². The zero-order valence-electron chi connectivity index (χ0n) is 58.1. The SMILES string of the molecule is CCCCCCc1ccc(C2(c3ccc(CCCCCC)cc3)c3cc(C=C4C(=O)c5cc(F)ccc5C4=C(C#N)C#N)sc3-c3sc4c5c(sc4c32)-c2sc(C=C3C(=O)c4ccc(F)cc4C3=C(C#N)C#N)cc2C5(c2ccc(CCCCCC)cc2)c2ccc(CCCCCC)cc2)cc1. The van der Waals surface area contributed by atoms with Gasteiger partial charge in [-0.3, -0.25) is 9.59 Å². The minimum Gasteiger partial charge on any atom is -0.289 e. The van der Waals surface area contributed by atoms with E-state index in [1.165, 1.54) is 95.5 Å². The second-order valence-electron chi connectivity index (χ2n) is 27.7. The first-order chi connectivity index (χ1) is 49.9. The summed E-state index contributed by atoms with van der Waals surface area (Å²) in [6.45, 7) is 8.95. The fraction of sp³-hybridized carbons (Fsp3) is 0.289. The molecular formula is C90H78F2N4O2S4. The highest BCUT2D eigenvalue weighted by Gasteiger charge is 2.55. The molecule has 4 aliphatic carbocycles. The third kappa shape index (κ3) is 12.1. The van der Waals surface area contributed by atoms with Gasteiger partial charge in [0.25, 0.3) is 0 Å². The molecule has 0 radical (unpaired) electrons. The third-order valence-electron chi connectivity index (χ3n) is 21.4. The maximum Gasteiger partial charge on any atom is 0.194 e. The van der Waals surface area contributed by atoms with Crippen LogP contribution in [0.15, 0.2) is 168 Å². The number of hydrogen-bond acceptors (Lipinski definition) is 10. The van der Waals surface area contributed by atoms with Gasteiger partial charge < -0.3 is 0 Å². The van der Waals surface area contributed by atoms with E-state index in [4.69, 9.17) is 0 Å². The molecule has 0 saturated carbocycles. The molecule has 4 aliphatic rings. The Bertz CT molecular complexity index is 4910. The average Bonchev–Trinajstić information content (AvgIpc) is 1.49. The summed E-state index contributed by atoms with van der Waals surface area (Å²) < 4.78 is 32.7. The minimum absolute atomic E-state index is 0.115. The number of carbonyl (C=O) groups excluding carboxylic acids is 2. The summed E-state index contributed by atoms with van der Waals surface area (Å²) in [5.41, 5.74) is 13.2. The van der Waals surface area contributed by atoms with Crippen LogP contribution in [-0.4, -0.2) is 11.6 Å². The van der Waals surface area contributed by atoms with E-state index < -0.39 is 28.2 Å². The molecule has 0 saturated heterocycles. The van der Waals surface area contributed by atoms with E-state index in [0.29, 0.717) is 5.56 Å². The van der Waals surface area contributed by atoms with Gasteiger partial charge in [0.1, 0.15) is 47.1 Å². The molecule has 14 rings (SSSR count). The van der Waals surface area contributed by atoms with Crippen molar-refractivity contribution >= 4 is 89.6 Å². The summed E-state index contributed by atoms with van der Waals surface area (Å²) in [6, 6.07) is 57.7. The number of halogens is 2. The number of nitriles is 4. The van der Waals surface area contributed by atoms with Gasteiger partial charge in [-0.2, -0.15) is 21.0 Å². The van der Waals surface area contributed by atoms with Crippen LogP contribution in [0.4, 0.5) is 8.78 Å². The zero-order valence-corrected chi connectivity index (χ0v) is 61.4. The summed E-state index contributed by atoms with van der Waals surface area (Å²) in [5.74, 6) is -1.98. The normalized spacial score (nSPS) is 14.9. The molecule has 0 fully saturated rings. The molecule has 4 aromatic heterocycles. The number of aryl methyl sites for hydroxylation is 4. The van der Waals surface area contributed by atoms with E-state index in [-0.39, 0.29) is 55.9 Å². The van der Waals surface area contributed by atoms with E-state index in [0.717, 1.165) is 175 Å². The van der Waals surface area contributed by atoms with Crippen molar-refractivity contribution in [3.05, 3.63) is 278 Å². The molecule has 0 N–H and O–H groups in total.